The molecule has 3 heterocycles. The average Bonchev–Trinajstić information content (AvgIpc) is 2.74. The largest absolute Gasteiger partial charge is 0.507 e. The van der Waals surface area contributed by atoms with Crippen molar-refractivity contribution in [1.82, 2.24) is 14.9 Å². The third-order valence-electron chi connectivity index (χ3n) is 5.44. The summed E-state index contributed by atoms with van der Waals surface area (Å²) >= 11 is 0. The van der Waals surface area contributed by atoms with Crippen LogP contribution in [0.4, 0.5) is 5.82 Å². The predicted molar refractivity (Wildman–Crippen MR) is 106 cm³/mol. The number of piperidine rings is 1. The summed E-state index contributed by atoms with van der Waals surface area (Å²) in [6.07, 6.45) is 1.91. The zero-order valence-electron chi connectivity index (χ0n) is 16.2. The van der Waals surface area contributed by atoms with Gasteiger partial charge in [0.05, 0.1) is 24.5 Å². The number of benzene rings is 1. The molecule has 0 unspecified atom stereocenters. The molecule has 0 bridgehead atoms. The molecule has 7 nitrogen and oxygen atoms in total. The quantitative estimate of drug-likeness (QED) is 0.878. The van der Waals surface area contributed by atoms with E-state index in [9.17, 15) is 9.90 Å². The van der Waals surface area contributed by atoms with Crippen molar-refractivity contribution in [2.75, 3.05) is 44.3 Å². The molecule has 1 N–H and O–H groups in total. The Morgan fingerprint density at radius 1 is 1.18 bits per heavy atom. The van der Waals surface area contributed by atoms with Crippen molar-refractivity contribution in [3.8, 4) is 5.75 Å². The Hall–Kier alpha value is -2.67. The second-order valence-electron chi connectivity index (χ2n) is 7.41. The number of ether oxygens (including phenoxy) is 1. The van der Waals surface area contributed by atoms with Gasteiger partial charge in [-0.05, 0) is 31.9 Å². The molecule has 2 aliphatic rings. The molecule has 0 radical (unpaired) electrons. The molecule has 1 aromatic carbocycles. The molecule has 2 aliphatic heterocycles. The van der Waals surface area contributed by atoms with Crippen LogP contribution in [0.2, 0.25) is 0 Å². The average molecular weight is 382 g/mol. The van der Waals surface area contributed by atoms with E-state index in [1.807, 2.05) is 11.8 Å². The first-order chi connectivity index (χ1) is 13.6. The number of phenolic OH excluding ortho intramolecular Hbond substituents is 1. The van der Waals surface area contributed by atoms with Crippen molar-refractivity contribution in [2.45, 2.75) is 25.7 Å². The van der Waals surface area contributed by atoms with Gasteiger partial charge >= 0.3 is 0 Å². The predicted octanol–water partition coefficient (Wildman–Crippen LogP) is 2.35. The van der Waals surface area contributed by atoms with Crippen LogP contribution in [0.25, 0.3) is 0 Å². The molecule has 2 saturated heterocycles. The number of aromatic hydroxyl groups is 1. The van der Waals surface area contributed by atoms with Crippen LogP contribution in [-0.2, 0) is 4.74 Å². The number of amides is 1. The summed E-state index contributed by atoms with van der Waals surface area (Å²) in [5, 5.41) is 10.0. The fraction of sp³-hybridized carbons (Fsp3) is 0.476. The van der Waals surface area contributed by atoms with Crippen molar-refractivity contribution >= 4 is 11.7 Å². The maximum atomic E-state index is 12.9. The number of anilines is 1. The Bertz CT molecular complexity index is 851. The lowest BCUT2D eigenvalue weighted by atomic mass is 9.93. The first kappa shape index (κ1) is 18.7. The molecule has 2 aromatic rings. The number of phenols is 1. The number of carbonyl (C=O) groups is 1. The van der Waals surface area contributed by atoms with Gasteiger partial charge in [-0.1, -0.05) is 12.1 Å². The van der Waals surface area contributed by atoms with Crippen molar-refractivity contribution in [1.29, 1.82) is 0 Å². The van der Waals surface area contributed by atoms with E-state index in [2.05, 4.69) is 20.9 Å². The van der Waals surface area contributed by atoms with Gasteiger partial charge < -0.3 is 19.6 Å². The van der Waals surface area contributed by atoms with Crippen molar-refractivity contribution in [2.24, 2.45) is 0 Å². The summed E-state index contributed by atoms with van der Waals surface area (Å²) in [7, 11) is 0. The normalized spacial score (nSPS) is 20.2. The number of likely N-dealkylation sites (tertiary alicyclic amines) is 1. The number of aromatic nitrogens is 2. The fourth-order valence-corrected chi connectivity index (χ4v) is 3.97. The minimum atomic E-state index is -0.123. The lowest BCUT2D eigenvalue weighted by Gasteiger charge is -2.33. The van der Waals surface area contributed by atoms with Crippen LogP contribution in [0.1, 0.15) is 40.6 Å². The molecular formula is C21H26N4O3. The van der Waals surface area contributed by atoms with Gasteiger partial charge in [-0.3, -0.25) is 4.79 Å². The molecule has 1 aromatic heterocycles. The maximum absolute atomic E-state index is 12.9. The summed E-state index contributed by atoms with van der Waals surface area (Å²) < 4.78 is 5.44. The van der Waals surface area contributed by atoms with Crippen molar-refractivity contribution < 1.29 is 14.6 Å². The van der Waals surface area contributed by atoms with Crippen LogP contribution in [0.15, 0.2) is 30.3 Å². The second-order valence-corrected chi connectivity index (χ2v) is 7.41. The summed E-state index contributed by atoms with van der Waals surface area (Å²) in [6.45, 7) is 6.31. The van der Waals surface area contributed by atoms with Crippen LogP contribution < -0.4 is 4.90 Å². The molecule has 2 fully saturated rings. The molecule has 0 aliphatic carbocycles. The van der Waals surface area contributed by atoms with Crippen LogP contribution in [0.5, 0.6) is 5.75 Å². The molecule has 148 valence electrons. The van der Waals surface area contributed by atoms with Crippen LogP contribution in [0, 0.1) is 6.92 Å². The Morgan fingerprint density at radius 3 is 2.75 bits per heavy atom. The van der Waals surface area contributed by atoms with Crippen LogP contribution in [0.3, 0.4) is 0 Å². The fourth-order valence-electron chi connectivity index (χ4n) is 3.97. The highest BCUT2D eigenvalue weighted by molar-refractivity contribution is 5.96. The highest BCUT2D eigenvalue weighted by Crippen LogP contribution is 2.29. The van der Waals surface area contributed by atoms with Crippen molar-refractivity contribution in [3.63, 3.8) is 0 Å². The minimum absolute atomic E-state index is 0.0297. The lowest BCUT2D eigenvalue weighted by Crippen LogP contribution is -2.40. The lowest BCUT2D eigenvalue weighted by molar-refractivity contribution is 0.0702. The molecule has 1 amide bonds. The third-order valence-corrected chi connectivity index (χ3v) is 5.44. The van der Waals surface area contributed by atoms with E-state index < -0.39 is 0 Å². The van der Waals surface area contributed by atoms with E-state index in [0.29, 0.717) is 31.9 Å². The maximum Gasteiger partial charge on any atom is 0.257 e. The third kappa shape index (κ3) is 3.94. The number of carbonyl (C=O) groups excluding carboxylic acids is 1. The summed E-state index contributed by atoms with van der Waals surface area (Å²) in [5.74, 6) is 1.77. The number of hydrogen-bond acceptors (Lipinski definition) is 6. The van der Waals surface area contributed by atoms with Crippen LogP contribution >= 0.6 is 0 Å². The number of para-hydroxylation sites is 1. The highest BCUT2D eigenvalue weighted by atomic mass is 16.5. The second kappa shape index (κ2) is 8.14. The first-order valence-electron chi connectivity index (χ1n) is 9.87. The zero-order valence-corrected chi connectivity index (χ0v) is 16.2. The Labute approximate surface area is 165 Å². The number of nitrogens with zero attached hydrogens (tertiary/aromatic N) is 4. The summed E-state index contributed by atoms with van der Waals surface area (Å²) in [4.78, 5) is 26.2. The number of hydrogen-bond donors (Lipinski definition) is 1. The summed E-state index contributed by atoms with van der Waals surface area (Å²) in [6, 6.07) is 8.79. The van der Waals surface area contributed by atoms with Gasteiger partial charge in [0, 0.05) is 38.2 Å². The van der Waals surface area contributed by atoms with E-state index in [4.69, 9.17) is 4.74 Å². The Kier molecular flexibility index (Phi) is 5.43. The van der Waals surface area contributed by atoms with Gasteiger partial charge in [0.2, 0.25) is 0 Å². The monoisotopic (exact) mass is 382 g/mol. The van der Waals surface area contributed by atoms with Gasteiger partial charge in [-0.2, -0.15) is 0 Å². The Balaban J connectivity index is 1.54. The zero-order chi connectivity index (χ0) is 19.5. The van der Waals surface area contributed by atoms with E-state index in [1.165, 1.54) is 0 Å². The molecule has 0 saturated carbocycles. The number of aryl methyl sites for hydroxylation is 1. The minimum Gasteiger partial charge on any atom is -0.507 e. The SMILES string of the molecule is Cc1nc([C@H]2CCCN(C(=O)c3ccccc3O)C2)cc(N2CCOCC2)n1. The molecule has 4 rings (SSSR count). The topological polar surface area (TPSA) is 78.8 Å². The Morgan fingerprint density at radius 2 is 1.96 bits per heavy atom. The van der Waals surface area contributed by atoms with E-state index >= 15 is 0 Å². The van der Waals surface area contributed by atoms with Crippen LogP contribution in [-0.4, -0.2) is 65.3 Å². The van der Waals surface area contributed by atoms with Gasteiger partial charge in [0.1, 0.15) is 17.4 Å². The molecular weight excluding hydrogens is 356 g/mol. The molecule has 7 heteroatoms. The van der Waals surface area contributed by atoms with Gasteiger partial charge in [-0.25, -0.2) is 9.97 Å². The van der Waals surface area contributed by atoms with E-state index in [0.717, 1.165) is 43.3 Å². The van der Waals surface area contributed by atoms with Gasteiger partial charge in [-0.15, -0.1) is 0 Å². The molecule has 0 spiro atoms. The first-order valence-corrected chi connectivity index (χ1v) is 9.87. The molecule has 28 heavy (non-hydrogen) atoms. The number of rotatable bonds is 3. The van der Waals surface area contributed by atoms with Gasteiger partial charge in [0.25, 0.3) is 5.91 Å². The highest BCUT2D eigenvalue weighted by Gasteiger charge is 2.28. The van der Waals surface area contributed by atoms with E-state index in [-0.39, 0.29) is 17.6 Å². The van der Waals surface area contributed by atoms with Crippen molar-refractivity contribution in [3.05, 3.63) is 47.4 Å². The molecule has 1 atom stereocenters. The van der Waals surface area contributed by atoms with Gasteiger partial charge in [0.15, 0.2) is 0 Å². The smallest absolute Gasteiger partial charge is 0.257 e. The van der Waals surface area contributed by atoms with E-state index in [1.54, 1.807) is 24.3 Å². The summed E-state index contributed by atoms with van der Waals surface area (Å²) in [5.41, 5.74) is 1.35. The number of morpholine rings is 1. The standard InChI is InChI=1S/C21H26N4O3/c1-15-22-18(13-20(23-15)24-9-11-28-12-10-24)16-5-4-8-25(14-16)21(27)17-6-2-3-7-19(17)26/h2-3,6-7,13,16,26H,4-5,8-12,14H2,1H3/t16-/m0/s1.